The van der Waals surface area contributed by atoms with Crippen LogP contribution >= 0.6 is 0 Å². The van der Waals surface area contributed by atoms with Crippen LogP contribution in [-0.4, -0.2) is 47.3 Å². The molecule has 1 saturated heterocycles. The van der Waals surface area contributed by atoms with Crippen molar-refractivity contribution in [2.75, 3.05) is 13.6 Å². The molecule has 148 valence electrons. The Morgan fingerprint density at radius 2 is 1.50 bits per heavy atom. The van der Waals surface area contributed by atoms with Gasteiger partial charge in [-0.2, -0.15) is 0 Å². The molecule has 1 heterocycles. The standard InChI is InChI=1S/C22H38N2O2/c1-23(19-12-3-2-4-13-19)21(25)15-7-8-16-22(26)24-17-9-11-18-10-5-6-14-20(18)24/h18-20H,2-17H2,1H3. The smallest absolute Gasteiger partial charge is 0.222 e. The number of hydrogen-bond acceptors (Lipinski definition) is 2. The predicted octanol–water partition coefficient (Wildman–Crippen LogP) is 4.52. The second kappa shape index (κ2) is 9.75. The van der Waals surface area contributed by atoms with Crippen molar-refractivity contribution < 1.29 is 9.59 Å². The van der Waals surface area contributed by atoms with Gasteiger partial charge in [0.1, 0.15) is 0 Å². The number of unbranched alkanes of at least 4 members (excludes halogenated alkanes) is 1. The van der Waals surface area contributed by atoms with Crippen LogP contribution in [0, 0.1) is 5.92 Å². The van der Waals surface area contributed by atoms with Crippen LogP contribution in [0.2, 0.25) is 0 Å². The van der Waals surface area contributed by atoms with Crippen LogP contribution in [0.25, 0.3) is 0 Å². The van der Waals surface area contributed by atoms with Gasteiger partial charge in [-0.15, -0.1) is 0 Å². The second-order valence-electron chi connectivity index (χ2n) is 8.84. The number of carbonyl (C=O) groups excluding carboxylic acids is 2. The third-order valence-corrected chi connectivity index (χ3v) is 7.11. The van der Waals surface area contributed by atoms with E-state index in [-0.39, 0.29) is 5.91 Å². The van der Waals surface area contributed by atoms with E-state index in [0.717, 1.165) is 38.1 Å². The van der Waals surface area contributed by atoms with E-state index in [0.29, 0.717) is 30.8 Å². The third-order valence-electron chi connectivity index (χ3n) is 7.11. The normalized spacial score (nSPS) is 27.0. The highest BCUT2D eigenvalue weighted by molar-refractivity contribution is 5.77. The number of hydrogen-bond donors (Lipinski definition) is 0. The van der Waals surface area contributed by atoms with Gasteiger partial charge in [0, 0.05) is 38.5 Å². The molecule has 0 aromatic carbocycles. The molecular weight excluding hydrogens is 324 g/mol. The van der Waals surface area contributed by atoms with Crippen LogP contribution in [0.1, 0.15) is 96.3 Å². The first-order chi connectivity index (χ1) is 12.7. The van der Waals surface area contributed by atoms with Gasteiger partial charge in [0.05, 0.1) is 0 Å². The Balaban J connectivity index is 1.36. The molecule has 4 nitrogen and oxygen atoms in total. The largest absolute Gasteiger partial charge is 0.343 e. The maximum absolute atomic E-state index is 12.7. The van der Waals surface area contributed by atoms with E-state index in [1.54, 1.807) is 0 Å². The van der Waals surface area contributed by atoms with E-state index in [4.69, 9.17) is 0 Å². The van der Waals surface area contributed by atoms with Crippen molar-refractivity contribution in [2.45, 2.75) is 108 Å². The summed E-state index contributed by atoms with van der Waals surface area (Å²) in [5, 5.41) is 0. The molecule has 3 rings (SSSR count). The van der Waals surface area contributed by atoms with Gasteiger partial charge >= 0.3 is 0 Å². The van der Waals surface area contributed by atoms with Gasteiger partial charge < -0.3 is 9.80 Å². The summed E-state index contributed by atoms with van der Waals surface area (Å²) in [6, 6.07) is 0.971. The Bertz CT molecular complexity index is 471. The van der Waals surface area contributed by atoms with Crippen LogP contribution in [0.3, 0.4) is 0 Å². The van der Waals surface area contributed by atoms with Gasteiger partial charge in [-0.25, -0.2) is 0 Å². The number of likely N-dealkylation sites (tertiary alicyclic amines) is 1. The second-order valence-corrected chi connectivity index (χ2v) is 8.84. The zero-order chi connectivity index (χ0) is 18.4. The summed E-state index contributed by atoms with van der Waals surface area (Å²) in [6.45, 7) is 0.962. The van der Waals surface area contributed by atoms with Crippen molar-refractivity contribution in [3.63, 3.8) is 0 Å². The molecule has 2 atom stereocenters. The molecule has 0 N–H and O–H groups in total. The topological polar surface area (TPSA) is 40.6 Å². The highest BCUT2D eigenvalue weighted by Crippen LogP contribution is 2.35. The van der Waals surface area contributed by atoms with Crippen molar-refractivity contribution in [3.8, 4) is 0 Å². The highest BCUT2D eigenvalue weighted by Gasteiger charge is 2.35. The Labute approximate surface area is 159 Å². The van der Waals surface area contributed by atoms with E-state index in [1.165, 1.54) is 57.8 Å². The first-order valence-corrected chi connectivity index (χ1v) is 11.2. The quantitative estimate of drug-likeness (QED) is 0.652. The minimum atomic E-state index is 0.273. The zero-order valence-electron chi connectivity index (χ0n) is 16.8. The fraction of sp³-hybridized carbons (Fsp3) is 0.909. The summed E-state index contributed by atoms with van der Waals surface area (Å²) < 4.78 is 0. The number of carbonyl (C=O) groups is 2. The van der Waals surface area contributed by atoms with Crippen LogP contribution in [0.5, 0.6) is 0 Å². The van der Waals surface area contributed by atoms with Crippen LogP contribution in [0.15, 0.2) is 0 Å². The molecule has 0 spiro atoms. The molecule has 26 heavy (non-hydrogen) atoms. The number of amides is 2. The molecule has 2 aliphatic carbocycles. The molecule has 3 aliphatic rings. The van der Waals surface area contributed by atoms with Gasteiger partial charge in [-0.3, -0.25) is 9.59 Å². The number of rotatable bonds is 6. The summed E-state index contributed by atoms with van der Waals surface area (Å²) in [7, 11) is 1.97. The molecule has 4 heteroatoms. The first kappa shape index (κ1) is 19.7. The van der Waals surface area contributed by atoms with E-state index < -0.39 is 0 Å². The Morgan fingerprint density at radius 1 is 0.846 bits per heavy atom. The molecule has 2 amide bonds. The van der Waals surface area contributed by atoms with Gasteiger partial charge in [-0.1, -0.05) is 32.1 Å². The van der Waals surface area contributed by atoms with Gasteiger partial charge in [0.2, 0.25) is 11.8 Å². The summed E-state index contributed by atoms with van der Waals surface area (Å²) in [5.41, 5.74) is 0. The Morgan fingerprint density at radius 3 is 2.31 bits per heavy atom. The predicted molar refractivity (Wildman–Crippen MR) is 105 cm³/mol. The molecule has 0 bridgehead atoms. The van der Waals surface area contributed by atoms with Crippen molar-refractivity contribution in [1.82, 2.24) is 9.80 Å². The molecule has 2 unspecified atom stereocenters. The minimum Gasteiger partial charge on any atom is -0.343 e. The van der Waals surface area contributed by atoms with E-state index in [2.05, 4.69) is 4.90 Å². The van der Waals surface area contributed by atoms with Crippen molar-refractivity contribution in [1.29, 1.82) is 0 Å². The number of piperidine rings is 1. The van der Waals surface area contributed by atoms with E-state index in [1.807, 2.05) is 11.9 Å². The molecular formula is C22H38N2O2. The SMILES string of the molecule is CN(C(=O)CCCCC(=O)N1CCCC2CCCCC21)C1CCCCC1. The maximum Gasteiger partial charge on any atom is 0.222 e. The lowest BCUT2D eigenvalue weighted by Crippen LogP contribution is -2.49. The number of fused-ring (bicyclic) bond motifs is 1. The lowest BCUT2D eigenvalue weighted by atomic mass is 9.78. The molecule has 1 aliphatic heterocycles. The third kappa shape index (κ3) is 5.01. The first-order valence-electron chi connectivity index (χ1n) is 11.2. The lowest BCUT2D eigenvalue weighted by molar-refractivity contribution is -0.138. The van der Waals surface area contributed by atoms with Crippen LogP contribution in [-0.2, 0) is 9.59 Å². The molecule has 2 saturated carbocycles. The highest BCUT2D eigenvalue weighted by atomic mass is 16.2. The van der Waals surface area contributed by atoms with E-state index in [9.17, 15) is 9.59 Å². The van der Waals surface area contributed by atoms with Crippen molar-refractivity contribution >= 4 is 11.8 Å². The Kier molecular flexibility index (Phi) is 7.39. The maximum atomic E-state index is 12.7. The molecule has 0 radical (unpaired) electrons. The monoisotopic (exact) mass is 362 g/mol. The molecule has 0 aromatic rings. The average molecular weight is 363 g/mol. The summed E-state index contributed by atoms with van der Waals surface area (Å²) in [5.74, 6) is 1.37. The number of nitrogens with zero attached hydrogens (tertiary/aromatic N) is 2. The summed E-state index contributed by atoms with van der Waals surface area (Å²) in [6.07, 6.45) is 16.8. The van der Waals surface area contributed by atoms with Crippen LogP contribution in [0.4, 0.5) is 0 Å². The molecule has 3 fully saturated rings. The van der Waals surface area contributed by atoms with Crippen molar-refractivity contribution in [2.24, 2.45) is 5.92 Å². The lowest BCUT2D eigenvalue weighted by Gasteiger charge is -2.44. The molecule has 0 aromatic heterocycles. The minimum absolute atomic E-state index is 0.273. The van der Waals surface area contributed by atoms with Crippen molar-refractivity contribution in [3.05, 3.63) is 0 Å². The fourth-order valence-corrected chi connectivity index (χ4v) is 5.48. The van der Waals surface area contributed by atoms with Gasteiger partial charge in [-0.05, 0) is 57.3 Å². The van der Waals surface area contributed by atoms with Gasteiger partial charge in [0.25, 0.3) is 0 Å². The van der Waals surface area contributed by atoms with Gasteiger partial charge in [0.15, 0.2) is 0 Å². The summed E-state index contributed by atoms with van der Waals surface area (Å²) in [4.78, 5) is 29.3. The van der Waals surface area contributed by atoms with E-state index >= 15 is 0 Å². The average Bonchev–Trinajstić information content (AvgIpc) is 2.70. The fourth-order valence-electron chi connectivity index (χ4n) is 5.48. The van der Waals surface area contributed by atoms with Crippen LogP contribution < -0.4 is 0 Å². The zero-order valence-corrected chi connectivity index (χ0v) is 16.8. The Hall–Kier alpha value is -1.06. The summed E-state index contributed by atoms with van der Waals surface area (Å²) >= 11 is 0.